The molecule has 5 nitrogen and oxygen atoms in total. The lowest BCUT2D eigenvalue weighted by atomic mass is 9.96. The van der Waals surface area contributed by atoms with Crippen molar-refractivity contribution in [3.05, 3.63) is 35.6 Å². The molecule has 0 N–H and O–H groups in total. The molecule has 0 saturated carbocycles. The summed E-state index contributed by atoms with van der Waals surface area (Å²) < 4.78 is 37.1. The average Bonchev–Trinajstić information content (AvgIpc) is 2.93. The van der Waals surface area contributed by atoms with Crippen LogP contribution in [0.1, 0.15) is 26.3 Å². The number of aliphatic imine (C=N–C) groups is 1. The van der Waals surface area contributed by atoms with E-state index < -0.39 is 15.3 Å². The van der Waals surface area contributed by atoms with E-state index in [1.165, 1.54) is 23.9 Å². The van der Waals surface area contributed by atoms with Crippen molar-refractivity contribution in [2.75, 3.05) is 11.5 Å². The van der Waals surface area contributed by atoms with Crippen LogP contribution in [0.5, 0.6) is 0 Å². The van der Waals surface area contributed by atoms with Crippen molar-refractivity contribution in [2.24, 2.45) is 10.4 Å². The van der Waals surface area contributed by atoms with Gasteiger partial charge in [0.15, 0.2) is 15.0 Å². The Bertz CT molecular complexity index is 813. The smallest absolute Gasteiger partial charge is 0.253 e. The molecule has 2 saturated heterocycles. The van der Waals surface area contributed by atoms with Gasteiger partial charge in [-0.2, -0.15) is 4.99 Å². The molecule has 0 unspecified atom stereocenters. The minimum Gasteiger partial charge on any atom is -0.342 e. The Morgan fingerprint density at radius 2 is 1.92 bits per heavy atom. The predicted octanol–water partition coefficient (Wildman–Crippen LogP) is 2.47. The maximum Gasteiger partial charge on any atom is 0.253 e. The highest BCUT2D eigenvalue weighted by molar-refractivity contribution is 8.15. The zero-order valence-electron chi connectivity index (χ0n) is 14.4. The monoisotopic (exact) mass is 384 g/mol. The number of nitrogens with zero attached hydrogens (tertiary/aromatic N) is 2. The van der Waals surface area contributed by atoms with Crippen LogP contribution in [-0.2, 0) is 21.2 Å². The second kappa shape index (κ2) is 6.39. The Hall–Kier alpha value is -1.41. The molecule has 2 aliphatic rings. The second-order valence-corrected chi connectivity index (χ2v) is 10.9. The van der Waals surface area contributed by atoms with Crippen molar-refractivity contribution in [1.29, 1.82) is 0 Å². The Balaban J connectivity index is 1.91. The van der Waals surface area contributed by atoms with Gasteiger partial charge in [-0.3, -0.25) is 4.79 Å². The van der Waals surface area contributed by atoms with Crippen LogP contribution in [0.3, 0.4) is 0 Å². The number of carbonyl (C=O) groups excluding carboxylic acids is 1. The molecule has 0 aromatic heterocycles. The van der Waals surface area contributed by atoms with E-state index in [2.05, 4.69) is 4.99 Å². The number of hydrogen-bond donors (Lipinski definition) is 0. The molecule has 0 radical (unpaired) electrons. The fraction of sp³-hybridized carbons (Fsp3) is 0.529. The molecule has 3 rings (SSSR count). The molecule has 0 spiro atoms. The van der Waals surface area contributed by atoms with Gasteiger partial charge in [-0.25, -0.2) is 12.8 Å². The van der Waals surface area contributed by atoms with Gasteiger partial charge < -0.3 is 4.90 Å². The molecule has 2 aliphatic heterocycles. The molecule has 136 valence electrons. The van der Waals surface area contributed by atoms with Crippen LogP contribution in [-0.4, -0.2) is 47.2 Å². The van der Waals surface area contributed by atoms with Crippen LogP contribution >= 0.6 is 11.8 Å². The lowest BCUT2D eigenvalue weighted by molar-refractivity contribution is -0.124. The third-order valence-corrected chi connectivity index (χ3v) is 7.53. The summed E-state index contributed by atoms with van der Waals surface area (Å²) in [5, 5.41) is 0.450. The first kappa shape index (κ1) is 18.4. The first-order valence-corrected chi connectivity index (χ1v) is 10.8. The fourth-order valence-electron chi connectivity index (χ4n) is 2.86. The Morgan fingerprint density at radius 1 is 1.28 bits per heavy atom. The van der Waals surface area contributed by atoms with Crippen LogP contribution in [0.4, 0.5) is 4.39 Å². The van der Waals surface area contributed by atoms with Crippen LogP contribution in [0, 0.1) is 11.2 Å². The van der Waals surface area contributed by atoms with Gasteiger partial charge in [0.25, 0.3) is 5.91 Å². The number of carbonyl (C=O) groups is 1. The molecule has 1 aromatic carbocycles. The zero-order valence-corrected chi connectivity index (χ0v) is 16.0. The van der Waals surface area contributed by atoms with Crippen molar-refractivity contribution in [3.63, 3.8) is 0 Å². The Labute approximate surface area is 151 Å². The number of rotatable bonds is 2. The summed E-state index contributed by atoms with van der Waals surface area (Å²) in [5.74, 6) is -0.390. The van der Waals surface area contributed by atoms with Crippen LogP contribution in [0.2, 0.25) is 0 Å². The summed E-state index contributed by atoms with van der Waals surface area (Å²) in [7, 11) is -3.08. The first-order valence-electron chi connectivity index (χ1n) is 8.06. The van der Waals surface area contributed by atoms with Crippen molar-refractivity contribution in [2.45, 2.75) is 38.6 Å². The van der Waals surface area contributed by atoms with Gasteiger partial charge in [0.05, 0.1) is 17.5 Å². The molecule has 8 heteroatoms. The summed E-state index contributed by atoms with van der Waals surface area (Å²) >= 11 is 1.36. The van der Waals surface area contributed by atoms with Gasteiger partial charge in [-0.05, 0) is 17.7 Å². The number of sulfone groups is 1. The third kappa shape index (κ3) is 4.06. The van der Waals surface area contributed by atoms with E-state index >= 15 is 0 Å². The molecule has 2 heterocycles. The van der Waals surface area contributed by atoms with Gasteiger partial charge in [-0.1, -0.05) is 44.7 Å². The maximum atomic E-state index is 13.1. The molecular weight excluding hydrogens is 363 g/mol. The van der Waals surface area contributed by atoms with Gasteiger partial charge in [0.2, 0.25) is 0 Å². The zero-order chi connectivity index (χ0) is 18.4. The van der Waals surface area contributed by atoms with E-state index in [0.29, 0.717) is 11.7 Å². The minimum atomic E-state index is -3.08. The maximum absolute atomic E-state index is 13.1. The molecule has 1 amide bonds. The van der Waals surface area contributed by atoms with Crippen LogP contribution in [0.25, 0.3) is 0 Å². The topological polar surface area (TPSA) is 66.8 Å². The average molecular weight is 384 g/mol. The molecule has 2 fully saturated rings. The number of thioether (sulfide) groups is 1. The normalized spacial score (nSPS) is 26.9. The molecule has 1 aromatic rings. The lowest BCUT2D eigenvalue weighted by Crippen LogP contribution is -2.37. The van der Waals surface area contributed by atoms with E-state index in [4.69, 9.17) is 0 Å². The second-order valence-electron chi connectivity index (χ2n) is 7.50. The highest BCUT2D eigenvalue weighted by Gasteiger charge is 2.48. The van der Waals surface area contributed by atoms with E-state index in [-0.39, 0.29) is 34.5 Å². The van der Waals surface area contributed by atoms with Gasteiger partial charge in [-0.15, -0.1) is 0 Å². The van der Waals surface area contributed by atoms with Crippen molar-refractivity contribution < 1.29 is 17.6 Å². The van der Waals surface area contributed by atoms with E-state index in [1.807, 2.05) is 4.90 Å². The number of hydrogen-bond acceptors (Lipinski definition) is 4. The highest BCUT2D eigenvalue weighted by atomic mass is 32.2. The number of amidine groups is 1. The number of fused-ring (bicyclic) bond motifs is 1. The molecule has 0 aliphatic carbocycles. The molecule has 2 atom stereocenters. The summed E-state index contributed by atoms with van der Waals surface area (Å²) in [4.78, 5) is 18.5. The van der Waals surface area contributed by atoms with Crippen molar-refractivity contribution in [3.8, 4) is 0 Å². The summed E-state index contributed by atoms with van der Waals surface area (Å²) in [6, 6.07) is 5.88. The Kier molecular flexibility index (Phi) is 4.70. The van der Waals surface area contributed by atoms with E-state index in [0.717, 1.165) is 5.56 Å². The molecule has 25 heavy (non-hydrogen) atoms. The SMILES string of the molecule is CC(C)(C)C(=O)N=C1S[C@H]2CS(=O)(=O)C[C@H]2N1Cc1ccc(F)cc1. The molecule has 0 bridgehead atoms. The van der Waals surface area contributed by atoms with E-state index in [9.17, 15) is 17.6 Å². The summed E-state index contributed by atoms with van der Waals surface area (Å²) in [5.41, 5.74) is 0.252. The predicted molar refractivity (Wildman–Crippen MR) is 97.7 cm³/mol. The minimum absolute atomic E-state index is 0.0641. The molecular formula is C17H21FN2O3S2. The lowest BCUT2D eigenvalue weighted by Gasteiger charge is -2.25. The van der Waals surface area contributed by atoms with Crippen molar-refractivity contribution in [1.82, 2.24) is 4.90 Å². The Morgan fingerprint density at radius 3 is 2.52 bits per heavy atom. The largest absolute Gasteiger partial charge is 0.342 e. The number of halogens is 1. The quantitative estimate of drug-likeness (QED) is 0.784. The van der Waals surface area contributed by atoms with Gasteiger partial charge in [0.1, 0.15) is 5.82 Å². The standard InChI is InChI=1S/C17H21FN2O3S2/c1-17(2,3)15(21)19-16-20(8-11-4-6-12(18)7-5-11)13-9-25(22,23)10-14(13)24-16/h4-7,13-14H,8-10H2,1-3H3/t13-,14+/m1/s1. The third-order valence-electron chi connectivity index (χ3n) is 4.28. The summed E-state index contributed by atoms with van der Waals surface area (Å²) in [6.45, 7) is 5.80. The number of benzene rings is 1. The summed E-state index contributed by atoms with van der Waals surface area (Å²) in [6.07, 6.45) is 0. The van der Waals surface area contributed by atoms with Crippen LogP contribution < -0.4 is 0 Å². The van der Waals surface area contributed by atoms with Gasteiger partial charge in [0, 0.05) is 17.2 Å². The first-order chi connectivity index (χ1) is 11.5. The highest BCUT2D eigenvalue weighted by Crippen LogP contribution is 2.39. The van der Waals surface area contributed by atoms with E-state index in [1.54, 1.807) is 32.9 Å². The van der Waals surface area contributed by atoms with Crippen LogP contribution in [0.15, 0.2) is 29.3 Å². The fourth-order valence-corrected chi connectivity index (χ4v) is 6.81. The number of amides is 1. The van der Waals surface area contributed by atoms with Crippen molar-refractivity contribution >= 4 is 32.7 Å². The van der Waals surface area contributed by atoms with Gasteiger partial charge >= 0.3 is 0 Å².